The van der Waals surface area contributed by atoms with Gasteiger partial charge in [-0.05, 0) is 28.1 Å². The van der Waals surface area contributed by atoms with E-state index in [-0.39, 0.29) is 17.9 Å². The fourth-order valence-electron chi connectivity index (χ4n) is 1.18. The minimum absolute atomic E-state index is 0.0368. The van der Waals surface area contributed by atoms with Crippen LogP contribution >= 0.6 is 15.9 Å². The lowest BCUT2D eigenvalue weighted by molar-refractivity contribution is -0.120. The van der Waals surface area contributed by atoms with Gasteiger partial charge in [0.25, 0.3) is 0 Å². The summed E-state index contributed by atoms with van der Waals surface area (Å²) in [5.74, 6) is -0.345. The first kappa shape index (κ1) is 12.0. The van der Waals surface area contributed by atoms with Gasteiger partial charge in [0.15, 0.2) is 0 Å². The number of amides is 1. The highest BCUT2D eigenvalue weighted by Crippen LogP contribution is 2.27. The molecule has 0 bridgehead atoms. The number of halogens is 2. The van der Waals surface area contributed by atoms with Gasteiger partial charge in [-0.1, -0.05) is 0 Å². The van der Waals surface area contributed by atoms with Gasteiger partial charge in [-0.15, -0.1) is 0 Å². The molecule has 0 aliphatic rings. The van der Waals surface area contributed by atoms with E-state index in [1.807, 2.05) is 0 Å². The van der Waals surface area contributed by atoms with Gasteiger partial charge in [-0.3, -0.25) is 4.79 Å². The van der Waals surface area contributed by atoms with Gasteiger partial charge >= 0.3 is 0 Å². The van der Waals surface area contributed by atoms with Crippen LogP contribution < -0.4 is 10.1 Å². The second-order valence-corrected chi connectivity index (χ2v) is 3.75. The summed E-state index contributed by atoms with van der Waals surface area (Å²) >= 11 is 3.06. The van der Waals surface area contributed by atoms with Crippen LogP contribution in [0.3, 0.4) is 0 Å². The Kier molecular flexibility index (Phi) is 4.08. The Hall–Kier alpha value is -1.10. The van der Waals surface area contributed by atoms with Crippen molar-refractivity contribution in [3.63, 3.8) is 0 Å². The highest BCUT2D eigenvalue weighted by Gasteiger charge is 2.15. The van der Waals surface area contributed by atoms with Gasteiger partial charge < -0.3 is 10.1 Å². The number of likely N-dealkylation sites (N-methyl/N-ethyl adjacent to an activating group) is 1. The van der Waals surface area contributed by atoms with Crippen LogP contribution in [0, 0.1) is 5.82 Å². The van der Waals surface area contributed by atoms with E-state index in [2.05, 4.69) is 21.2 Å². The molecule has 1 aromatic rings. The van der Waals surface area contributed by atoms with E-state index in [0.717, 1.165) is 0 Å². The molecule has 0 aromatic heterocycles. The number of hydrogen-bond acceptors (Lipinski definition) is 2. The lowest BCUT2D eigenvalue weighted by Crippen LogP contribution is -2.21. The van der Waals surface area contributed by atoms with Crippen molar-refractivity contribution in [1.82, 2.24) is 5.32 Å². The van der Waals surface area contributed by atoms with Gasteiger partial charge in [0.2, 0.25) is 5.91 Å². The van der Waals surface area contributed by atoms with Crippen LogP contribution in [0.25, 0.3) is 0 Å². The SMILES string of the molecule is CNC(=O)Cc1c(OC)ccc(Br)c1F. The molecule has 0 aliphatic heterocycles. The molecular weight excluding hydrogens is 265 g/mol. The van der Waals surface area contributed by atoms with Crippen LogP contribution in [-0.2, 0) is 11.2 Å². The topological polar surface area (TPSA) is 38.3 Å². The molecule has 0 heterocycles. The molecule has 0 saturated heterocycles. The van der Waals surface area contributed by atoms with Gasteiger partial charge in [0.05, 0.1) is 18.0 Å². The Bertz CT molecular complexity index is 382. The van der Waals surface area contributed by atoms with Crippen LogP contribution in [0.1, 0.15) is 5.56 Å². The number of ether oxygens (including phenoxy) is 1. The van der Waals surface area contributed by atoms with E-state index < -0.39 is 5.82 Å². The molecule has 1 aromatic carbocycles. The summed E-state index contributed by atoms with van der Waals surface area (Å²) in [6, 6.07) is 3.16. The third-order valence-electron chi connectivity index (χ3n) is 1.99. The lowest BCUT2D eigenvalue weighted by atomic mass is 10.1. The van der Waals surface area contributed by atoms with E-state index in [0.29, 0.717) is 10.2 Å². The smallest absolute Gasteiger partial charge is 0.224 e. The van der Waals surface area contributed by atoms with Gasteiger partial charge in [-0.25, -0.2) is 4.39 Å². The summed E-state index contributed by atoms with van der Waals surface area (Å²) in [5, 5.41) is 2.43. The van der Waals surface area contributed by atoms with E-state index >= 15 is 0 Å². The molecule has 1 rings (SSSR count). The van der Waals surface area contributed by atoms with Crippen molar-refractivity contribution in [1.29, 1.82) is 0 Å². The monoisotopic (exact) mass is 275 g/mol. The molecule has 0 saturated carbocycles. The van der Waals surface area contributed by atoms with E-state index in [1.165, 1.54) is 14.2 Å². The van der Waals surface area contributed by atoms with Gasteiger partial charge in [0, 0.05) is 12.6 Å². The van der Waals surface area contributed by atoms with E-state index in [4.69, 9.17) is 4.74 Å². The van der Waals surface area contributed by atoms with Crippen molar-refractivity contribution >= 4 is 21.8 Å². The second kappa shape index (κ2) is 5.11. The largest absolute Gasteiger partial charge is 0.496 e. The van der Waals surface area contributed by atoms with Gasteiger partial charge in [-0.2, -0.15) is 0 Å². The number of carbonyl (C=O) groups excluding carboxylic acids is 1. The molecule has 1 N–H and O–H groups in total. The first-order valence-corrected chi connectivity index (χ1v) is 5.11. The molecule has 1 amide bonds. The molecule has 0 radical (unpaired) electrons. The Morgan fingerprint density at radius 3 is 2.80 bits per heavy atom. The van der Waals surface area contributed by atoms with Crippen molar-refractivity contribution in [3.8, 4) is 5.75 Å². The van der Waals surface area contributed by atoms with Crippen molar-refractivity contribution in [2.45, 2.75) is 6.42 Å². The summed E-state index contributed by atoms with van der Waals surface area (Å²) in [6.07, 6.45) is -0.0368. The van der Waals surface area contributed by atoms with Crippen LogP contribution in [0.4, 0.5) is 4.39 Å². The molecule has 0 atom stereocenters. The lowest BCUT2D eigenvalue weighted by Gasteiger charge is -2.09. The van der Waals surface area contributed by atoms with Crippen molar-refractivity contribution < 1.29 is 13.9 Å². The molecule has 82 valence electrons. The minimum atomic E-state index is -0.460. The molecule has 0 spiro atoms. The fourth-order valence-corrected chi connectivity index (χ4v) is 1.55. The third kappa shape index (κ3) is 2.68. The molecule has 0 unspecified atom stereocenters. The molecule has 5 heteroatoms. The zero-order valence-electron chi connectivity index (χ0n) is 8.43. The average Bonchev–Trinajstić information content (AvgIpc) is 2.25. The standard InChI is InChI=1S/C10H11BrFNO2/c1-13-9(14)5-6-8(15-2)4-3-7(11)10(6)12/h3-4H,5H2,1-2H3,(H,13,14). The van der Waals surface area contributed by atoms with Crippen molar-refractivity contribution in [2.75, 3.05) is 14.2 Å². The average molecular weight is 276 g/mol. The maximum Gasteiger partial charge on any atom is 0.224 e. The van der Waals surface area contributed by atoms with E-state index in [9.17, 15) is 9.18 Å². The predicted octanol–water partition coefficient (Wildman–Crippen LogP) is 1.89. The number of nitrogens with one attached hydrogen (secondary N) is 1. The Morgan fingerprint density at radius 1 is 1.60 bits per heavy atom. The van der Waals surface area contributed by atoms with Crippen LogP contribution in [0.5, 0.6) is 5.75 Å². The zero-order chi connectivity index (χ0) is 11.4. The number of hydrogen-bond donors (Lipinski definition) is 1. The summed E-state index contributed by atoms with van der Waals surface area (Å²) in [5.41, 5.74) is 0.256. The van der Waals surface area contributed by atoms with Crippen molar-refractivity contribution in [2.24, 2.45) is 0 Å². The normalized spacial score (nSPS) is 9.87. The predicted molar refractivity (Wildman–Crippen MR) is 58.4 cm³/mol. The van der Waals surface area contributed by atoms with Crippen LogP contribution in [0.15, 0.2) is 16.6 Å². The van der Waals surface area contributed by atoms with E-state index in [1.54, 1.807) is 12.1 Å². The Labute approximate surface area is 95.7 Å². The second-order valence-electron chi connectivity index (χ2n) is 2.89. The first-order valence-electron chi connectivity index (χ1n) is 4.31. The third-order valence-corrected chi connectivity index (χ3v) is 2.60. The summed E-state index contributed by atoms with van der Waals surface area (Å²) in [6.45, 7) is 0. The minimum Gasteiger partial charge on any atom is -0.496 e. The number of rotatable bonds is 3. The summed E-state index contributed by atoms with van der Waals surface area (Å²) in [4.78, 5) is 11.2. The summed E-state index contributed by atoms with van der Waals surface area (Å²) < 4.78 is 18.9. The quantitative estimate of drug-likeness (QED) is 0.915. The highest BCUT2D eigenvalue weighted by molar-refractivity contribution is 9.10. The molecule has 0 aliphatic carbocycles. The zero-order valence-corrected chi connectivity index (χ0v) is 10.0. The molecule has 3 nitrogen and oxygen atoms in total. The highest BCUT2D eigenvalue weighted by atomic mass is 79.9. The van der Waals surface area contributed by atoms with Crippen molar-refractivity contribution in [3.05, 3.63) is 28.0 Å². The molecule has 15 heavy (non-hydrogen) atoms. The fraction of sp³-hybridized carbons (Fsp3) is 0.300. The Balaban J connectivity index is 3.12. The first-order chi connectivity index (χ1) is 7.10. The Morgan fingerprint density at radius 2 is 2.27 bits per heavy atom. The summed E-state index contributed by atoms with van der Waals surface area (Å²) in [7, 11) is 2.95. The van der Waals surface area contributed by atoms with Crippen LogP contribution in [0.2, 0.25) is 0 Å². The maximum atomic E-state index is 13.6. The molecular formula is C10H11BrFNO2. The van der Waals surface area contributed by atoms with Gasteiger partial charge in [0.1, 0.15) is 11.6 Å². The van der Waals surface area contributed by atoms with Crippen LogP contribution in [-0.4, -0.2) is 20.1 Å². The number of methoxy groups -OCH3 is 1. The molecule has 0 fully saturated rings. The maximum absolute atomic E-state index is 13.6. The number of carbonyl (C=O) groups is 1. The number of benzene rings is 1.